The first-order valence-electron chi connectivity index (χ1n) is 8.28. The van der Waals surface area contributed by atoms with Crippen molar-refractivity contribution in [3.63, 3.8) is 0 Å². The van der Waals surface area contributed by atoms with Gasteiger partial charge in [0.25, 0.3) is 0 Å². The maximum atomic E-state index is 12.7. The van der Waals surface area contributed by atoms with Gasteiger partial charge in [-0.2, -0.15) is 0 Å². The summed E-state index contributed by atoms with van der Waals surface area (Å²) in [7, 11) is -3.55. The molecule has 2 amide bonds. The standard InChI is InChI=1S/C17H25N3O4S/c1-12(2)15(21)19-13-4-6-14(7-5-13)20-16(22)17(25(3,23)24)8-10-18-11-9-17/h4-7,12,18H,8-11H2,1-3H3,(H,19,21)(H,20,22). The molecule has 0 atom stereocenters. The maximum absolute atomic E-state index is 12.7. The molecule has 0 bridgehead atoms. The number of hydrogen-bond acceptors (Lipinski definition) is 5. The van der Waals surface area contributed by atoms with Crippen molar-refractivity contribution in [2.45, 2.75) is 31.4 Å². The summed E-state index contributed by atoms with van der Waals surface area (Å²) in [5.41, 5.74) is 1.12. The predicted octanol–water partition coefficient (Wildman–Crippen LogP) is 1.39. The lowest BCUT2D eigenvalue weighted by molar-refractivity contribution is -0.119. The van der Waals surface area contributed by atoms with Crippen molar-refractivity contribution in [1.29, 1.82) is 0 Å². The molecule has 0 saturated carbocycles. The van der Waals surface area contributed by atoms with Crippen LogP contribution in [-0.4, -0.2) is 44.3 Å². The minimum Gasteiger partial charge on any atom is -0.326 e. The first kappa shape index (κ1) is 19.4. The zero-order valence-corrected chi connectivity index (χ0v) is 15.6. The van der Waals surface area contributed by atoms with Crippen molar-refractivity contribution < 1.29 is 18.0 Å². The molecule has 1 aliphatic rings. The highest BCUT2D eigenvalue weighted by Gasteiger charge is 2.48. The zero-order valence-electron chi connectivity index (χ0n) is 14.8. The Morgan fingerprint density at radius 3 is 1.96 bits per heavy atom. The summed E-state index contributed by atoms with van der Waals surface area (Å²) in [5.74, 6) is -0.730. The molecule has 25 heavy (non-hydrogen) atoms. The van der Waals surface area contributed by atoms with E-state index >= 15 is 0 Å². The van der Waals surface area contributed by atoms with E-state index in [4.69, 9.17) is 0 Å². The number of nitrogens with one attached hydrogen (secondary N) is 3. The van der Waals surface area contributed by atoms with Gasteiger partial charge in [-0.05, 0) is 50.2 Å². The Morgan fingerprint density at radius 2 is 1.52 bits per heavy atom. The fourth-order valence-corrected chi connectivity index (χ4v) is 4.10. The summed E-state index contributed by atoms with van der Waals surface area (Å²) in [5, 5.41) is 8.55. The molecule has 1 heterocycles. The van der Waals surface area contributed by atoms with Gasteiger partial charge in [-0.1, -0.05) is 13.8 Å². The van der Waals surface area contributed by atoms with E-state index < -0.39 is 20.5 Å². The molecule has 0 aliphatic carbocycles. The fraction of sp³-hybridized carbons (Fsp3) is 0.529. The number of amides is 2. The molecule has 1 aromatic rings. The lowest BCUT2D eigenvalue weighted by Gasteiger charge is -2.34. The van der Waals surface area contributed by atoms with Crippen LogP contribution in [0, 0.1) is 5.92 Å². The van der Waals surface area contributed by atoms with E-state index in [2.05, 4.69) is 16.0 Å². The monoisotopic (exact) mass is 367 g/mol. The van der Waals surface area contributed by atoms with Gasteiger partial charge in [-0.15, -0.1) is 0 Å². The molecule has 0 spiro atoms. The quantitative estimate of drug-likeness (QED) is 0.729. The molecule has 138 valence electrons. The number of benzene rings is 1. The molecule has 0 aromatic heterocycles. The highest BCUT2D eigenvalue weighted by Crippen LogP contribution is 2.29. The minimum atomic E-state index is -3.55. The molecule has 7 nitrogen and oxygen atoms in total. The topological polar surface area (TPSA) is 104 Å². The SMILES string of the molecule is CC(C)C(=O)Nc1ccc(NC(=O)C2(S(C)(=O)=O)CCNCC2)cc1. The van der Waals surface area contributed by atoms with Crippen LogP contribution in [0.1, 0.15) is 26.7 Å². The Labute approximate surface area is 148 Å². The van der Waals surface area contributed by atoms with Gasteiger partial charge in [0.2, 0.25) is 11.8 Å². The lowest BCUT2D eigenvalue weighted by atomic mass is 9.95. The summed E-state index contributed by atoms with van der Waals surface area (Å²) in [6, 6.07) is 6.63. The van der Waals surface area contributed by atoms with Crippen molar-refractivity contribution >= 4 is 33.0 Å². The van der Waals surface area contributed by atoms with Crippen LogP contribution < -0.4 is 16.0 Å². The van der Waals surface area contributed by atoms with Crippen LogP contribution in [0.25, 0.3) is 0 Å². The zero-order chi connectivity index (χ0) is 18.7. The van der Waals surface area contributed by atoms with E-state index in [9.17, 15) is 18.0 Å². The molecule has 3 N–H and O–H groups in total. The van der Waals surface area contributed by atoms with E-state index in [0.717, 1.165) is 6.26 Å². The highest BCUT2D eigenvalue weighted by atomic mass is 32.2. The third-order valence-electron chi connectivity index (χ3n) is 4.47. The number of anilines is 2. The van der Waals surface area contributed by atoms with Gasteiger partial charge in [-0.3, -0.25) is 9.59 Å². The van der Waals surface area contributed by atoms with Crippen molar-refractivity contribution in [3.05, 3.63) is 24.3 Å². The maximum Gasteiger partial charge on any atom is 0.245 e. The predicted molar refractivity (Wildman–Crippen MR) is 98.2 cm³/mol. The van der Waals surface area contributed by atoms with Crippen LogP contribution in [0.2, 0.25) is 0 Å². The van der Waals surface area contributed by atoms with Gasteiger partial charge in [0.1, 0.15) is 0 Å². The second kappa shape index (κ2) is 7.53. The summed E-state index contributed by atoms with van der Waals surface area (Å²) in [4.78, 5) is 24.4. The van der Waals surface area contributed by atoms with Crippen molar-refractivity contribution in [2.24, 2.45) is 5.92 Å². The van der Waals surface area contributed by atoms with Gasteiger partial charge >= 0.3 is 0 Å². The van der Waals surface area contributed by atoms with Gasteiger partial charge in [0.15, 0.2) is 14.6 Å². The van der Waals surface area contributed by atoms with Crippen molar-refractivity contribution in [1.82, 2.24) is 5.32 Å². The van der Waals surface area contributed by atoms with Crippen molar-refractivity contribution in [2.75, 3.05) is 30.0 Å². The first-order valence-corrected chi connectivity index (χ1v) is 10.2. The smallest absolute Gasteiger partial charge is 0.245 e. The second-order valence-electron chi connectivity index (χ2n) is 6.69. The molecule has 1 aliphatic heterocycles. The molecule has 2 rings (SSSR count). The van der Waals surface area contributed by atoms with Gasteiger partial charge in [0, 0.05) is 23.5 Å². The van der Waals surface area contributed by atoms with Crippen LogP contribution in [0.5, 0.6) is 0 Å². The molecule has 1 saturated heterocycles. The number of piperidine rings is 1. The Balaban J connectivity index is 2.12. The molecule has 1 aromatic carbocycles. The van der Waals surface area contributed by atoms with Crippen LogP contribution >= 0.6 is 0 Å². The summed E-state index contributed by atoms with van der Waals surface area (Å²) in [6.45, 7) is 4.57. The van der Waals surface area contributed by atoms with Crippen molar-refractivity contribution in [3.8, 4) is 0 Å². The first-order chi connectivity index (χ1) is 11.7. The second-order valence-corrected chi connectivity index (χ2v) is 9.02. The average Bonchev–Trinajstić information content (AvgIpc) is 2.56. The van der Waals surface area contributed by atoms with Gasteiger partial charge in [0.05, 0.1) is 0 Å². The Hall–Kier alpha value is -1.93. The van der Waals surface area contributed by atoms with Gasteiger partial charge in [-0.25, -0.2) is 8.42 Å². The van der Waals surface area contributed by atoms with E-state index in [-0.39, 0.29) is 24.7 Å². The summed E-state index contributed by atoms with van der Waals surface area (Å²) >= 11 is 0. The Bertz CT molecular complexity index is 736. The summed E-state index contributed by atoms with van der Waals surface area (Å²) < 4.78 is 23.1. The van der Waals surface area contributed by atoms with Gasteiger partial charge < -0.3 is 16.0 Å². The van der Waals surface area contributed by atoms with Crippen LogP contribution in [0.3, 0.4) is 0 Å². The molecular formula is C17H25N3O4S. The minimum absolute atomic E-state index is 0.0949. The van der Waals surface area contributed by atoms with Crippen LogP contribution in [-0.2, 0) is 19.4 Å². The normalized spacial score (nSPS) is 17.1. The van der Waals surface area contributed by atoms with E-state index in [0.29, 0.717) is 24.5 Å². The fourth-order valence-electron chi connectivity index (χ4n) is 2.77. The molecule has 0 radical (unpaired) electrons. The van der Waals surface area contributed by atoms with E-state index in [1.807, 2.05) is 0 Å². The van der Waals surface area contributed by atoms with Crippen LogP contribution in [0.4, 0.5) is 11.4 Å². The number of hydrogen-bond donors (Lipinski definition) is 3. The molecule has 0 unspecified atom stereocenters. The molecule has 8 heteroatoms. The number of carbonyl (C=O) groups is 2. The van der Waals surface area contributed by atoms with E-state index in [1.165, 1.54) is 0 Å². The molecular weight excluding hydrogens is 342 g/mol. The Kier molecular flexibility index (Phi) is 5.84. The highest BCUT2D eigenvalue weighted by molar-refractivity contribution is 7.92. The van der Waals surface area contributed by atoms with E-state index in [1.54, 1.807) is 38.1 Å². The number of carbonyl (C=O) groups excluding carboxylic acids is 2. The third kappa shape index (κ3) is 4.38. The summed E-state index contributed by atoms with van der Waals surface area (Å²) in [6.07, 6.45) is 1.61. The number of rotatable bonds is 5. The third-order valence-corrected chi connectivity index (χ3v) is 6.48. The lowest BCUT2D eigenvalue weighted by Crippen LogP contribution is -2.55. The molecule has 1 fully saturated rings. The largest absolute Gasteiger partial charge is 0.326 e. The van der Waals surface area contributed by atoms with Crippen LogP contribution in [0.15, 0.2) is 24.3 Å². The Morgan fingerprint density at radius 1 is 1.04 bits per heavy atom. The number of sulfone groups is 1. The average molecular weight is 367 g/mol.